The van der Waals surface area contributed by atoms with Crippen molar-refractivity contribution in [1.82, 2.24) is 10.2 Å². The predicted octanol–water partition coefficient (Wildman–Crippen LogP) is 1.71. The van der Waals surface area contributed by atoms with Gasteiger partial charge in [0.05, 0.1) is 12.4 Å². The lowest BCUT2D eigenvalue weighted by molar-refractivity contribution is 0.101. The fourth-order valence-electron chi connectivity index (χ4n) is 0.499. The normalized spacial score (nSPS) is 7.91. The third-order valence-electron chi connectivity index (χ3n) is 0.991. The van der Waals surface area contributed by atoms with E-state index in [0.29, 0.717) is 5.56 Å². The minimum Gasteiger partial charge on any atom is -0.294 e. The van der Waals surface area contributed by atoms with Crippen LogP contribution >= 0.6 is 0 Å². The van der Waals surface area contributed by atoms with Gasteiger partial charge in [0.2, 0.25) is 0 Å². The molecular formula is C8H12N2O. The molecule has 0 aliphatic carbocycles. The molecule has 0 aliphatic rings. The van der Waals surface area contributed by atoms with E-state index < -0.39 is 0 Å². The first-order valence-electron chi connectivity index (χ1n) is 3.58. The molecule has 3 nitrogen and oxygen atoms in total. The van der Waals surface area contributed by atoms with Crippen molar-refractivity contribution in [2.75, 3.05) is 0 Å². The fraction of sp³-hybridized carbons (Fsp3) is 0.375. The second-order valence-electron chi connectivity index (χ2n) is 1.69. The molecule has 0 aromatic carbocycles. The van der Waals surface area contributed by atoms with Gasteiger partial charge in [-0.1, -0.05) is 13.8 Å². The molecule has 0 atom stereocenters. The monoisotopic (exact) mass is 152 g/mol. The molecule has 0 bridgehead atoms. The Balaban J connectivity index is 0.000000461. The molecule has 1 rings (SSSR count). The maximum atomic E-state index is 10.6. The van der Waals surface area contributed by atoms with Crippen LogP contribution in [0.4, 0.5) is 0 Å². The highest BCUT2D eigenvalue weighted by molar-refractivity contribution is 5.93. The van der Waals surface area contributed by atoms with Crippen LogP contribution in [0.3, 0.4) is 0 Å². The van der Waals surface area contributed by atoms with Crippen molar-refractivity contribution in [3.8, 4) is 0 Å². The van der Waals surface area contributed by atoms with Gasteiger partial charge in [-0.25, -0.2) is 0 Å². The number of nitrogens with zero attached hydrogens (tertiary/aromatic N) is 2. The lowest BCUT2D eigenvalue weighted by atomic mass is 10.2. The van der Waals surface area contributed by atoms with Crippen LogP contribution in [-0.4, -0.2) is 16.0 Å². The number of ketones is 1. The first kappa shape index (κ1) is 9.75. The number of hydrogen-bond donors (Lipinski definition) is 0. The molecule has 1 aromatic rings. The first-order chi connectivity index (χ1) is 5.30. The van der Waals surface area contributed by atoms with Crippen LogP contribution in [0.5, 0.6) is 0 Å². The molecule has 1 heterocycles. The van der Waals surface area contributed by atoms with Crippen LogP contribution in [-0.2, 0) is 0 Å². The Morgan fingerprint density at radius 2 is 2.00 bits per heavy atom. The summed E-state index contributed by atoms with van der Waals surface area (Å²) in [5.41, 5.74) is 0.602. The van der Waals surface area contributed by atoms with Crippen LogP contribution in [0.2, 0.25) is 0 Å². The maximum Gasteiger partial charge on any atom is 0.161 e. The van der Waals surface area contributed by atoms with E-state index in [4.69, 9.17) is 0 Å². The van der Waals surface area contributed by atoms with Gasteiger partial charge in [0, 0.05) is 5.56 Å². The molecule has 0 aliphatic heterocycles. The van der Waals surface area contributed by atoms with E-state index in [9.17, 15) is 4.79 Å². The van der Waals surface area contributed by atoms with Crippen molar-refractivity contribution in [3.63, 3.8) is 0 Å². The third kappa shape index (κ3) is 3.45. The van der Waals surface area contributed by atoms with Gasteiger partial charge in [0.15, 0.2) is 5.78 Å². The second-order valence-corrected chi connectivity index (χ2v) is 1.69. The average molecular weight is 152 g/mol. The summed E-state index contributed by atoms with van der Waals surface area (Å²) >= 11 is 0. The Morgan fingerprint density at radius 3 is 2.27 bits per heavy atom. The first-order valence-corrected chi connectivity index (χ1v) is 3.58. The molecule has 0 radical (unpaired) electrons. The zero-order valence-electron chi connectivity index (χ0n) is 7.03. The number of carbonyl (C=O) groups excluding carboxylic acids is 1. The highest BCUT2D eigenvalue weighted by Gasteiger charge is 1.94. The SMILES string of the molecule is CC.CC(=O)c1ccnnc1. The third-order valence-corrected chi connectivity index (χ3v) is 0.991. The van der Waals surface area contributed by atoms with Gasteiger partial charge in [-0.2, -0.15) is 10.2 Å². The smallest absolute Gasteiger partial charge is 0.161 e. The highest BCUT2D eigenvalue weighted by Crippen LogP contribution is 1.92. The molecule has 0 N–H and O–H groups in total. The van der Waals surface area contributed by atoms with E-state index in [0.717, 1.165) is 0 Å². The Bertz CT molecular complexity index is 209. The molecule has 0 amide bonds. The zero-order chi connectivity index (χ0) is 8.69. The van der Waals surface area contributed by atoms with E-state index in [1.165, 1.54) is 19.3 Å². The summed E-state index contributed by atoms with van der Waals surface area (Å²) in [5, 5.41) is 7.06. The molecular weight excluding hydrogens is 140 g/mol. The van der Waals surface area contributed by atoms with Crippen LogP contribution in [0.15, 0.2) is 18.5 Å². The van der Waals surface area contributed by atoms with Crippen LogP contribution in [0.1, 0.15) is 31.1 Å². The lowest BCUT2D eigenvalue weighted by Gasteiger charge is -1.87. The van der Waals surface area contributed by atoms with Gasteiger partial charge in [-0.05, 0) is 13.0 Å². The summed E-state index contributed by atoms with van der Waals surface area (Å²) in [6.07, 6.45) is 2.94. The second kappa shape index (κ2) is 5.53. The minimum absolute atomic E-state index is 0.0184. The molecule has 1 aromatic heterocycles. The van der Waals surface area contributed by atoms with Crippen LogP contribution < -0.4 is 0 Å². The standard InChI is InChI=1S/C6H6N2O.C2H6/c1-5(9)6-2-3-7-8-4-6;1-2/h2-4H,1H3;1-2H3. The molecule has 0 saturated carbocycles. The molecule has 60 valence electrons. The largest absolute Gasteiger partial charge is 0.294 e. The Morgan fingerprint density at radius 1 is 1.36 bits per heavy atom. The van der Waals surface area contributed by atoms with E-state index in [1.807, 2.05) is 13.8 Å². The maximum absolute atomic E-state index is 10.6. The topological polar surface area (TPSA) is 42.9 Å². The molecule has 11 heavy (non-hydrogen) atoms. The van der Waals surface area contributed by atoms with Crippen molar-refractivity contribution >= 4 is 5.78 Å². The number of hydrogen-bond acceptors (Lipinski definition) is 3. The number of Topliss-reactive ketones (excluding diaryl/α,β-unsaturated/α-hetero) is 1. The predicted molar refractivity (Wildman–Crippen MR) is 43.4 cm³/mol. The van der Waals surface area contributed by atoms with Crippen LogP contribution in [0.25, 0.3) is 0 Å². The van der Waals surface area contributed by atoms with Gasteiger partial charge < -0.3 is 0 Å². The molecule has 0 fully saturated rings. The van der Waals surface area contributed by atoms with Gasteiger partial charge in [-0.3, -0.25) is 4.79 Å². The molecule has 0 saturated heterocycles. The van der Waals surface area contributed by atoms with Gasteiger partial charge >= 0.3 is 0 Å². The van der Waals surface area contributed by atoms with Crippen molar-refractivity contribution in [1.29, 1.82) is 0 Å². The quantitative estimate of drug-likeness (QED) is 0.575. The van der Waals surface area contributed by atoms with E-state index >= 15 is 0 Å². The van der Waals surface area contributed by atoms with Crippen molar-refractivity contribution in [2.45, 2.75) is 20.8 Å². The van der Waals surface area contributed by atoms with Crippen molar-refractivity contribution in [2.24, 2.45) is 0 Å². The summed E-state index contributed by atoms with van der Waals surface area (Å²) < 4.78 is 0. The zero-order valence-corrected chi connectivity index (χ0v) is 7.03. The van der Waals surface area contributed by atoms with Crippen molar-refractivity contribution < 1.29 is 4.79 Å². The van der Waals surface area contributed by atoms with Crippen LogP contribution in [0, 0.1) is 0 Å². The molecule has 3 heteroatoms. The summed E-state index contributed by atoms with van der Waals surface area (Å²) in [7, 11) is 0. The fourth-order valence-corrected chi connectivity index (χ4v) is 0.499. The summed E-state index contributed by atoms with van der Waals surface area (Å²) in [6, 6.07) is 1.63. The van der Waals surface area contributed by atoms with Gasteiger partial charge in [0.1, 0.15) is 0 Å². The Kier molecular flexibility index (Phi) is 4.90. The van der Waals surface area contributed by atoms with E-state index in [1.54, 1.807) is 6.07 Å². The Hall–Kier alpha value is -1.25. The van der Waals surface area contributed by atoms with E-state index in [-0.39, 0.29) is 5.78 Å². The lowest BCUT2D eigenvalue weighted by Crippen LogP contribution is -1.92. The molecule has 0 unspecified atom stereocenters. The average Bonchev–Trinajstić information content (AvgIpc) is 2.10. The van der Waals surface area contributed by atoms with E-state index in [2.05, 4.69) is 10.2 Å². The summed E-state index contributed by atoms with van der Waals surface area (Å²) in [4.78, 5) is 10.6. The van der Waals surface area contributed by atoms with Crippen molar-refractivity contribution in [3.05, 3.63) is 24.0 Å². The Labute approximate surface area is 66.5 Å². The number of rotatable bonds is 1. The highest BCUT2D eigenvalue weighted by atomic mass is 16.1. The van der Waals surface area contributed by atoms with Gasteiger partial charge in [-0.15, -0.1) is 0 Å². The molecule has 0 spiro atoms. The summed E-state index contributed by atoms with van der Waals surface area (Å²) in [6.45, 7) is 5.50. The number of carbonyl (C=O) groups is 1. The minimum atomic E-state index is 0.0184. The summed E-state index contributed by atoms with van der Waals surface area (Å²) in [5.74, 6) is 0.0184. The number of aromatic nitrogens is 2. The van der Waals surface area contributed by atoms with Gasteiger partial charge in [0.25, 0.3) is 0 Å².